The van der Waals surface area contributed by atoms with Crippen LogP contribution < -0.4 is 0 Å². The van der Waals surface area contributed by atoms with Gasteiger partial charge in [-0.25, -0.2) is 0 Å². The third-order valence-electron chi connectivity index (χ3n) is 8.84. The average Bonchev–Trinajstić information content (AvgIpc) is 2.81. The molecule has 4 aliphatic rings. The van der Waals surface area contributed by atoms with Gasteiger partial charge in [0.25, 0.3) is 0 Å². The molecular weight excluding hydrogens is 472 g/mol. The van der Waals surface area contributed by atoms with Crippen LogP contribution in [0.1, 0.15) is 81.1 Å². The van der Waals surface area contributed by atoms with Gasteiger partial charge in [0.1, 0.15) is 11.7 Å². The van der Waals surface area contributed by atoms with E-state index in [0.717, 1.165) is 24.0 Å². The first-order chi connectivity index (χ1) is 17.1. The second-order valence-corrected chi connectivity index (χ2v) is 12.0. The zero-order valence-corrected chi connectivity index (χ0v) is 23.3. The molecule has 0 aromatic heterocycles. The maximum atomic E-state index is 13.7. The summed E-state index contributed by atoms with van der Waals surface area (Å²) in [6.45, 7) is 14.5. The van der Waals surface area contributed by atoms with E-state index in [1.165, 1.54) is 13.0 Å². The number of Topliss-reactive ketones (excluding diaryl/α,β-unsaturated/α-hetero) is 1. The normalized spacial score (nSPS) is 33.8. The lowest BCUT2D eigenvalue weighted by Gasteiger charge is -2.57. The number of rotatable bonds is 5. The summed E-state index contributed by atoms with van der Waals surface area (Å²) < 4.78 is 18.4. The summed E-state index contributed by atoms with van der Waals surface area (Å²) in [6, 6.07) is 0. The minimum atomic E-state index is -0.936. The molecule has 7 nitrogen and oxygen atoms in total. The number of carbonyl (C=O) groups excluding carboxylic acids is 3. The van der Waals surface area contributed by atoms with Crippen molar-refractivity contribution in [1.82, 2.24) is 0 Å². The Labute approximate surface area is 219 Å². The van der Waals surface area contributed by atoms with Gasteiger partial charge < -0.3 is 19.3 Å². The first kappa shape index (κ1) is 27.5. The van der Waals surface area contributed by atoms with Gasteiger partial charge in [-0.05, 0) is 83.6 Å². The molecule has 0 aromatic rings. The Kier molecular flexibility index (Phi) is 6.95. The van der Waals surface area contributed by atoms with Gasteiger partial charge >= 0.3 is 5.97 Å². The van der Waals surface area contributed by atoms with E-state index in [9.17, 15) is 19.5 Å². The molecule has 0 spiro atoms. The molecule has 1 N–H and O–H groups in total. The van der Waals surface area contributed by atoms with E-state index >= 15 is 0 Å². The van der Waals surface area contributed by atoms with Gasteiger partial charge in [-0.2, -0.15) is 0 Å². The molecule has 0 amide bonds. The lowest BCUT2D eigenvalue weighted by Crippen LogP contribution is -2.58. The lowest BCUT2D eigenvalue weighted by atomic mass is 9.58. The molecule has 2 fully saturated rings. The van der Waals surface area contributed by atoms with E-state index in [-0.39, 0.29) is 46.1 Å². The summed E-state index contributed by atoms with van der Waals surface area (Å²) in [4.78, 5) is 38.9. The van der Waals surface area contributed by atoms with Crippen LogP contribution in [0, 0.1) is 11.3 Å². The van der Waals surface area contributed by atoms with Gasteiger partial charge in [0.2, 0.25) is 5.78 Å². The Balaban J connectivity index is 1.69. The lowest BCUT2D eigenvalue weighted by molar-refractivity contribution is -0.196. The maximum Gasteiger partial charge on any atom is 0.303 e. The maximum absolute atomic E-state index is 13.7. The number of esters is 1. The fourth-order valence-corrected chi connectivity index (χ4v) is 6.48. The average molecular weight is 513 g/mol. The van der Waals surface area contributed by atoms with Crippen LogP contribution in [0.15, 0.2) is 46.3 Å². The molecule has 4 rings (SSSR count). The summed E-state index contributed by atoms with van der Waals surface area (Å²) in [5.74, 6) is -1.52. The van der Waals surface area contributed by atoms with Crippen LogP contribution in [-0.4, -0.2) is 52.2 Å². The van der Waals surface area contributed by atoms with Crippen LogP contribution in [0.25, 0.3) is 0 Å². The summed E-state index contributed by atoms with van der Waals surface area (Å²) in [5, 5.41) is 10.5. The largest absolute Gasteiger partial charge is 0.478 e. The van der Waals surface area contributed by atoms with Crippen LogP contribution in [0.5, 0.6) is 0 Å². The Hall–Kier alpha value is -2.51. The number of allylic oxidation sites excluding steroid dienone is 5. The summed E-state index contributed by atoms with van der Waals surface area (Å²) in [6.07, 6.45) is 6.85. The van der Waals surface area contributed by atoms with E-state index in [0.29, 0.717) is 12.8 Å². The smallest absolute Gasteiger partial charge is 0.303 e. The molecule has 0 aromatic carbocycles. The van der Waals surface area contributed by atoms with E-state index < -0.39 is 29.2 Å². The molecule has 2 aliphatic heterocycles. The third-order valence-corrected chi connectivity index (χ3v) is 8.84. The Morgan fingerprint density at radius 2 is 1.86 bits per heavy atom. The number of carbonyl (C=O) groups is 3. The zero-order valence-electron chi connectivity index (χ0n) is 23.3. The van der Waals surface area contributed by atoms with Gasteiger partial charge in [0.15, 0.2) is 11.5 Å². The fourth-order valence-electron chi connectivity index (χ4n) is 6.48. The van der Waals surface area contributed by atoms with Crippen molar-refractivity contribution in [1.29, 1.82) is 0 Å². The highest BCUT2D eigenvalue weighted by atomic mass is 16.5. The highest BCUT2D eigenvalue weighted by Gasteiger charge is 2.57. The van der Waals surface area contributed by atoms with Crippen molar-refractivity contribution < 1.29 is 33.7 Å². The highest BCUT2D eigenvalue weighted by molar-refractivity contribution is 6.23. The first-order valence-corrected chi connectivity index (χ1v) is 13.3. The third kappa shape index (κ3) is 4.65. The van der Waals surface area contributed by atoms with Crippen molar-refractivity contribution in [2.24, 2.45) is 11.3 Å². The van der Waals surface area contributed by atoms with E-state index in [2.05, 4.69) is 6.92 Å². The minimum Gasteiger partial charge on any atom is -0.478 e. The van der Waals surface area contributed by atoms with Gasteiger partial charge in [0, 0.05) is 23.8 Å². The second-order valence-electron chi connectivity index (χ2n) is 12.0. The number of ketones is 2. The van der Waals surface area contributed by atoms with E-state index in [1.54, 1.807) is 20.8 Å². The topological polar surface area (TPSA) is 99.1 Å². The van der Waals surface area contributed by atoms with Crippen molar-refractivity contribution in [2.75, 3.05) is 0 Å². The number of hydrogen-bond donors (Lipinski definition) is 1. The minimum absolute atomic E-state index is 0.0773. The zero-order chi connectivity index (χ0) is 27.5. The molecule has 202 valence electrons. The van der Waals surface area contributed by atoms with E-state index in [4.69, 9.17) is 14.2 Å². The van der Waals surface area contributed by atoms with Crippen molar-refractivity contribution in [3.63, 3.8) is 0 Å². The van der Waals surface area contributed by atoms with Crippen molar-refractivity contribution in [2.45, 2.75) is 111 Å². The monoisotopic (exact) mass is 512 g/mol. The van der Waals surface area contributed by atoms with Crippen molar-refractivity contribution in [3.05, 3.63) is 46.3 Å². The molecule has 1 saturated carbocycles. The van der Waals surface area contributed by atoms with Crippen molar-refractivity contribution in [3.8, 4) is 0 Å². The molecular formula is C30H40O7. The van der Waals surface area contributed by atoms with Gasteiger partial charge in [-0.15, -0.1) is 0 Å². The van der Waals surface area contributed by atoms with Crippen LogP contribution in [0.4, 0.5) is 0 Å². The number of aliphatic hydroxyl groups is 1. The highest BCUT2D eigenvalue weighted by Crippen LogP contribution is 2.57. The quantitative estimate of drug-likeness (QED) is 0.324. The Morgan fingerprint density at radius 3 is 2.46 bits per heavy atom. The number of ether oxygens (including phenoxy) is 3. The molecule has 0 bridgehead atoms. The molecule has 0 unspecified atom stereocenters. The van der Waals surface area contributed by atoms with Gasteiger partial charge in [0.05, 0.1) is 23.4 Å². The second kappa shape index (κ2) is 9.35. The Bertz CT molecular complexity index is 1150. The molecule has 2 heterocycles. The SMILES string of the molecule is C/C=C(\C)[C@@H](OC(C)=O)[C@@H](C)C1=CC(=O)C2=C(O[C@]3(C)CC[C@H]4O[C@@H](C(C)(C)O)CC[C@]4(C)C3=C2)C1=O. The van der Waals surface area contributed by atoms with Crippen LogP contribution in [0.3, 0.4) is 0 Å². The van der Waals surface area contributed by atoms with Gasteiger partial charge in [-0.3, -0.25) is 14.4 Å². The van der Waals surface area contributed by atoms with Crippen LogP contribution in [-0.2, 0) is 28.6 Å². The molecule has 2 aliphatic carbocycles. The molecule has 1 saturated heterocycles. The first-order valence-electron chi connectivity index (χ1n) is 13.3. The number of fused-ring (bicyclic) bond motifs is 3. The summed E-state index contributed by atoms with van der Waals surface area (Å²) in [5.41, 5.74) is 0.265. The predicted octanol–water partition coefficient (Wildman–Crippen LogP) is 4.69. The summed E-state index contributed by atoms with van der Waals surface area (Å²) >= 11 is 0. The van der Waals surface area contributed by atoms with Crippen molar-refractivity contribution >= 4 is 17.5 Å². The molecule has 7 heteroatoms. The molecule has 6 atom stereocenters. The Morgan fingerprint density at radius 1 is 1.19 bits per heavy atom. The van der Waals surface area contributed by atoms with Crippen LogP contribution in [0.2, 0.25) is 0 Å². The molecule has 0 radical (unpaired) electrons. The van der Waals surface area contributed by atoms with E-state index in [1.807, 2.05) is 32.9 Å². The van der Waals surface area contributed by atoms with Gasteiger partial charge in [-0.1, -0.05) is 19.9 Å². The standard InChI is InChI=1S/C30H40O7/c1-9-16(2)26(35-18(4)31)17(3)19-14-21(32)20-15-22-29(7)12-10-23(28(5,6)34)36-24(29)11-13-30(22,8)37-27(20)25(19)33/h9,14-15,17,23-24,26,34H,10-13H2,1-8H3/b16-9+/t17-,23+,24+,26+,29+,30+/m0/s1. The molecule has 37 heavy (non-hydrogen) atoms. The predicted molar refractivity (Wildman–Crippen MR) is 138 cm³/mol. The van der Waals surface area contributed by atoms with Crippen LogP contribution >= 0.6 is 0 Å². The summed E-state index contributed by atoms with van der Waals surface area (Å²) in [7, 11) is 0. The fraction of sp³-hybridized carbons (Fsp3) is 0.633. The number of hydrogen-bond acceptors (Lipinski definition) is 7.